The maximum atomic E-state index is 12.7. The van der Waals surface area contributed by atoms with Gasteiger partial charge < -0.3 is 10.6 Å². The molecule has 7 nitrogen and oxygen atoms in total. The van der Waals surface area contributed by atoms with Crippen molar-refractivity contribution in [3.8, 4) is 5.69 Å². The van der Waals surface area contributed by atoms with E-state index in [-0.39, 0.29) is 17.7 Å². The number of hydrogen-bond acceptors (Lipinski definition) is 4. The van der Waals surface area contributed by atoms with Crippen molar-refractivity contribution in [3.05, 3.63) is 41.2 Å². The Hall–Kier alpha value is -2.70. The number of likely N-dealkylation sites (tertiary alicyclic amines) is 1. The van der Waals surface area contributed by atoms with Gasteiger partial charge in [-0.15, -0.1) is 5.10 Å². The molecule has 1 saturated heterocycles. The fourth-order valence-electron chi connectivity index (χ4n) is 2.97. The molecule has 1 aromatic carbocycles. The second kappa shape index (κ2) is 6.43. The molecule has 2 heterocycles. The third-order valence-electron chi connectivity index (χ3n) is 4.56. The lowest BCUT2D eigenvalue weighted by atomic mass is 9.96. The fraction of sp³-hybridized carbons (Fsp3) is 0.412. The molecule has 126 valence electrons. The van der Waals surface area contributed by atoms with E-state index in [1.54, 1.807) is 9.58 Å². The molecular weight excluding hydrogens is 306 g/mol. The van der Waals surface area contributed by atoms with Gasteiger partial charge in [0.25, 0.3) is 5.91 Å². The number of carbonyl (C=O) groups is 2. The van der Waals surface area contributed by atoms with Crippen molar-refractivity contribution >= 4 is 11.8 Å². The first-order valence-electron chi connectivity index (χ1n) is 8.05. The number of aromatic nitrogens is 3. The van der Waals surface area contributed by atoms with Gasteiger partial charge in [-0.2, -0.15) is 0 Å². The summed E-state index contributed by atoms with van der Waals surface area (Å²) in [5.41, 5.74) is 8.43. The predicted molar refractivity (Wildman–Crippen MR) is 88.7 cm³/mol. The van der Waals surface area contributed by atoms with Crippen molar-refractivity contribution in [2.24, 2.45) is 11.7 Å². The first-order valence-corrected chi connectivity index (χ1v) is 8.05. The molecule has 0 saturated carbocycles. The van der Waals surface area contributed by atoms with E-state index >= 15 is 0 Å². The van der Waals surface area contributed by atoms with Crippen LogP contribution in [0, 0.1) is 19.8 Å². The van der Waals surface area contributed by atoms with Crippen LogP contribution in [-0.2, 0) is 4.79 Å². The van der Waals surface area contributed by atoms with Crippen molar-refractivity contribution in [1.82, 2.24) is 19.9 Å². The maximum Gasteiger partial charge on any atom is 0.276 e. The number of primary amides is 1. The van der Waals surface area contributed by atoms with Crippen LogP contribution >= 0.6 is 0 Å². The minimum atomic E-state index is -0.288. The van der Waals surface area contributed by atoms with Crippen LogP contribution in [-0.4, -0.2) is 44.8 Å². The second-order valence-corrected chi connectivity index (χ2v) is 6.24. The summed E-state index contributed by atoms with van der Waals surface area (Å²) in [5, 5.41) is 8.19. The van der Waals surface area contributed by atoms with Crippen LogP contribution in [0.25, 0.3) is 5.69 Å². The van der Waals surface area contributed by atoms with E-state index in [1.807, 2.05) is 38.1 Å². The number of nitrogens with two attached hydrogens (primary N) is 1. The largest absolute Gasteiger partial charge is 0.369 e. The molecule has 1 fully saturated rings. The van der Waals surface area contributed by atoms with Crippen molar-refractivity contribution in [3.63, 3.8) is 0 Å². The van der Waals surface area contributed by atoms with E-state index in [4.69, 9.17) is 5.73 Å². The van der Waals surface area contributed by atoms with E-state index in [0.29, 0.717) is 37.3 Å². The number of aryl methyl sites for hydroxylation is 1. The van der Waals surface area contributed by atoms with Crippen LogP contribution < -0.4 is 5.73 Å². The molecule has 2 amide bonds. The van der Waals surface area contributed by atoms with Gasteiger partial charge in [0.1, 0.15) is 0 Å². The van der Waals surface area contributed by atoms with E-state index in [0.717, 1.165) is 11.3 Å². The van der Waals surface area contributed by atoms with Gasteiger partial charge in [0, 0.05) is 19.0 Å². The first kappa shape index (κ1) is 16.2. The van der Waals surface area contributed by atoms with E-state index in [9.17, 15) is 9.59 Å². The molecular formula is C17H21N5O2. The summed E-state index contributed by atoms with van der Waals surface area (Å²) in [7, 11) is 0. The normalized spacial score (nSPS) is 15.5. The molecule has 3 rings (SSSR count). The molecule has 0 unspecified atom stereocenters. The third-order valence-corrected chi connectivity index (χ3v) is 4.56. The van der Waals surface area contributed by atoms with Crippen LogP contribution in [0.5, 0.6) is 0 Å². The Kier molecular flexibility index (Phi) is 4.33. The van der Waals surface area contributed by atoms with Crippen molar-refractivity contribution < 1.29 is 9.59 Å². The van der Waals surface area contributed by atoms with Gasteiger partial charge >= 0.3 is 0 Å². The van der Waals surface area contributed by atoms with Crippen LogP contribution in [0.3, 0.4) is 0 Å². The predicted octanol–water partition coefficient (Wildman–Crippen LogP) is 1.22. The monoisotopic (exact) mass is 327 g/mol. The highest BCUT2D eigenvalue weighted by atomic mass is 16.2. The standard InChI is InChI=1S/C17H21N5O2/c1-11-3-5-14(6-4-11)22-12(2)15(19-20-22)17(24)21-9-7-13(8-10-21)16(18)23/h3-6,13H,7-10H2,1-2H3,(H2,18,23). The Labute approximate surface area is 140 Å². The summed E-state index contributed by atoms with van der Waals surface area (Å²) in [5.74, 6) is -0.573. The third kappa shape index (κ3) is 3.02. The summed E-state index contributed by atoms with van der Waals surface area (Å²) in [6.07, 6.45) is 1.21. The molecule has 1 aliphatic rings. The lowest BCUT2D eigenvalue weighted by Gasteiger charge is -2.30. The molecule has 1 aliphatic heterocycles. The zero-order valence-electron chi connectivity index (χ0n) is 13.9. The average Bonchev–Trinajstić information content (AvgIpc) is 2.96. The quantitative estimate of drug-likeness (QED) is 0.917. The minimum Gasteiger partial charge on any atom is -0.369 e. The first-order chi connectivity index (χ1) is 11.5. The lowest BCUT2D eigenvalue weighted by molar-refractivity contribution is -0.123. The number of nitrogens with zero attached hydrogens (tertiary/aromatic N) is 4. The van der Waals surface area contributed by atoms with Gasteiger partial charge in [-0.25, -0.2) is 4.68 Å². The van der Waals surface area contributed by atoms with Crippen LogP contribution in [0.2, 0.25) is 0 Å². The van der Waals surface area contributed by atoms with Crippen molar-refractivity contribution in [2.75, 3.05) is 13.1 Å². The van der Waals surface area contributed by atoms with E-state index in [1.165, 1.54) is 0 Å². The van der Waals surface area contributed by atoms with Crippen LogP contribution in [0.15, 0.2) is 24.3 Å². The zero-order valence-corrected chi connectivity index (χ0v) is 13.9. The smallest absolute Gasteiger partial charge is 0.276 e. The number of rotatable bonds is 3. The highest BCUT2D eigenvalue weighted by Gasteiger charge is 2.29. The second-order valence-electron chi connectivity index (χ2n) is 6.24. The number of amides is 2. The summed E-state index contributed by atoms with van der Waals surface area (Å²) in [6.45, 7) is 4.89. The van der Waals surface area contributed by atoms with Gasteiger partial charge in [0.05, 0.1) is 11.4 Å². The molecule has 0 aliphatic carbocycles. The van der Waals surface area contributed by atoms with Crippen molar-refractivity contribution in [1.29, 1.82) is 0 Å². The van der Waals surface area contributed by atoms with E-state index in [2.05, 4.69) is 10.3 Å². The van der Waals surface area contributed by atoms with Gasteiger partial charge in [0.15, 0.2) is 5.69 Å². The lowest BCUT2D eigenvalue weighted by Crippen LogP contribution is -2.42. The van der Waals surface area contributed by atoms with Gasteiger partial charge in [-0.3, -0.25) is 9.59 Å². The van der Waals surface area contributed by atoms with Gasteiger partial charge in [-0.1, -0.05) is 22.9 Å². The summed E-state index contributed by atoms with van der Waals surface area (Å²) >= 11 is 0. The number of carbonyl (C=O) groups excluding carboxylic acids is 2. The Balaban J connectivity index is 1.77. The minimum absolute atomic E-state index is 0.140. The summed E-state index contributed by atoms with van der Waals surface area (Å²) in [6, 6.07) is 7.88. The number of benzene rings is 1. The molecule has 1 aromatic heterocycles. The Morgan fingerprint density at radius 1 is 1.12 bits per heavy atom. The Morgan fingerprint density at radius 3 is 2.33 bits per heavy atom. The topological polar surface area (TPSA) is 94.1 Å². The van der Waals surface area contributed by atoms with Crippen molar-refractivity contribution in [2.45, 2.75) is 26.7 Å². The molecule has 0 atom stereocenters. The number of hydrogen-bond donors (Lipinski definition) is 1. The number of piperidine rings is 1. The molecule has 2 N–H and O–H groups in total. The highest BCUT2D eigenvalue weighted by molar-refractivity contribution is 5.93. The SMILES string of the molecule is Cc1ccc(-n2nnc(C(=O)N3CCC(C(N)=O)CC3)c2C)cc1. The average molecular weight is 327 g/mol. The summed E-state index contributed by atoms with van der Waals surface area (Å²) in [4.78, 5) is 25.6. The fourth-order valence-corrected chi connectivity index (χ4v) is 2.97. The molecule has 7 heteroatoms. The molecule has 0 radical (unpaired) electrons. The summed E-state index contributed by atoms with van der Waals surface area (Å²) < 4.78 is 1.67. The van der Waals surface area contributed by atoms with Crippen LogP contribution in [0.1, 0.15) is 34.6 Å². The molecule has 2 aromatic rings. The van der Waals surface area contributed by atoms with Gasteiger partial charge in [0.2, 0.25) is 5.91 Å². The zero-order chi connectivity index (χ0) is 17.3. The highest BCUT2D eigenvalue weighted by Crippen LogP contribution is 2.20. The molecule has 0 bridgehead atoms. The molecule has 24 heavy (non-hydrogen) atoms. The Bertz CT molecular complexity index is 758. The maximum absolute atomic E-state index is 12.7. The van der Waals surface area contributed by atoms with E-state index < -0.39 is 0 Å². The van der Waals surface area contributed by atoms with Gasteiger partial charge in [-0.05, 0) is 38.8 Å². The Morgan fingerprint density at radius 2 is 1.75 bits per heavy atom. The van der Waals surface area contributed by atoms with Crippen LogP contribution in [0.4, 0.5) is 0 Å². The molecule has 0 spiro atoms.